The van der Waals surface area contributed by atoms with Crippen LogP contribution >= 0.6 is 0 Å². The summed E-state index contributed by atoms with van der Waals surface area (Å²) in [6, 6.07) is 8.16. The Labute approximate surface area is 235 Å². The van der Waals surface area contributed by atoms with Crippen LogP contribution in [0.3, 0.4) is 0 Å². The van der Waals surface area contributed by atoms with Crippen LogP contribution in [0.5, 0.6) is 0 Å². The first kappa shape index (κ1) is 32.1. The molecule has 2 atom stereocenters. The number of rotatable bonds is 12. The maximum absolute atomic E-state index is 12.8. The largest absolute Gasteiger partial charge is 0.452 e. The molecule has 1 amide bonds. The van der Waals surface area contributed by atoms with E-state index in [0.717, 1.165) is 56.3 Å². The molecule has 0 aliphatic heterocycles. The molecule has 1 aliphatic rings. The summed E-state index contributed by atoms with van der Waals surface area (Å²) in [5.41, 5.74) is 2.03. The van der Waals surface area contributed by atoms with Gasteiger partial charge in [-0.05, 0) is 88.5 Å². The molecule has 1 aliphatic carbocycles. The van der Waals surface area contributed by atoms with Gasteiger partial charge in [0.2, 0.25) is 0 Å². The lowest BCUT2D eigenvalue weighted by atomic mass is 9.70. The van der Waals surface area contributed by atoms with Crippen LogP contribution < -0.4 is 4.90 Å². The number of amides is 1. The van der Waals surface area contributed by atoms with E-state index in [1.807, 2.05) is 31.2 Å². The fraction of sp³-hybridized carbons (Fsp3) is 0.594. The Morgan fingerprint density at radius 2 is 2.13 bits per heavy atom. The third kappa shape index (κ3) is 10.2. The number of hydrogen-bond acceptors (Lipinski definition) is 6. The summed E-state index contributed by atoms with van der Waals surface area (Å²) in [5, 5.41) is 19.6. The molecule has 0 saturated heterocycles. The topological polar surface area (TPSA) is 89.2 Å². The Kier molecular flexibility index (Phi) is 12.3. The second-order valence-electron chi connectivity index (χ2n) is 11.7. The number of benzene rings is 1. The van der Waals surface area contributed by atoms with Gasteiger partial charge in [-0.2, -0.15) is 5.26 Å². The van der Waals surface area contributed by atoms with Crippen molar-refractivity contribution in [2.45, 2.75) is 92.1 Å². The van der Waals surface area contributed by atoms with Crippen LogP contribution in [0.2, 0.25) is 0 Å². The van der Waals surface area contributed by atoms with Gasteiger partial charge < -0.3 is 14.7 Å². The summed E-state index contributed by atoms with van der Waals surface area (Å²) in [6.45, 7) is 13.3. The first-order valence-electron chi connectivity index (χ1n) is 14.2. The number of carbonyl (C=O) groups excluding carboxylic acids is 1. The maximum atomic E-state index is 12.8. The average Bonchev–Trinajstić information content (AvgIpc) is 2.89. The molecular formula is C32H48N4O3. The second kappa shape index (κ2) is 14.9. The van der Waals surface area contributed by atoms with Crippen molar-refractivity contribution in [3.8, 4) is 6.07 Å². The minimum Gasteiger partial charge on any atom is -0.452 e. The van der Waals surface area contributed by atoms with Crippen LogP contribution in [-0.2, 0) is 4.74 Å². The number of carbonyl (C=O) groups is 1. The van der Waals surface area contributed by atoms with E-state index >= 15 is 0 Å². The van der Waals surface area contributed by atoms with E-state index < -0.39 is 11.7 Å². The number of allylic oxidation sites excluding steroid dienone is 2. The van der Waals surface area contributed by atoms with E-state index in [9.17, 15) is 15.2 Å². The van der Waals surface area contributed by atoms with Crippen molar-refractivity contribution in [2.75, 3.05) is 25.1 Å². The summed E-state index contributed by atoms with van der Waals surface area (Å²) in [7, 11) is 1.40. The van der Waals surface area contributed by atoms with Crippen LogP contribution in [0.25, 0.3) is 0 Å². The number of aliphatic hydroxyl groups is 1. The maximum Gasteiger partial charge on any atom is 0.415 e. The van der Waals surface area contributed by atoms with Gasteiger partial charge in [0.1, 0.15) is 5.82 Å². The lowest BCUT2D eigenvalue weighted by molar-refractivity contribution is 0.0896. The Morgan fingerprint density at radius 3 is 2.74 bits per heavy atom. The second-order valence-corrected chi connectivity index (χ2v) is 11.7. The van der Waals surface area contributed by atoms with Crippen LogP contribution in [0.4, 0.5) is 10.5 Å². The van der Waals surface area contributed by atoms with Gasteiger partial charge in [0, 0.05) is 37.6 Å². The zero-order valence-electron chi connectivity index (χ0n) is 25.0. The van der Waals surface area contributed by atoms with E-state index in [2.05, 4.69) is 49.0 Å². The lowest BCUT2D eigenvalue weighted by Gasteiger charge is -2.42. The van der Waals surface area contributed by atoms with Gasteiger partial charge in [-0.1, -0.05) is 38.8 Å². The first-order valence-corrected chi connectivity index (χ1v) is 14.2. The van der Waals surface area contributed by atoms with Crippen molar-refractivity contribution in [2.24, 2.45) is 16.3 Å². The van der Waals surface area contributed by atoms with Crippen molar-refractivity contribution in [1.29, 1.82) is 5.26 Å². The van der Waals surface area contributed by atoms with Crippen molar-refractivity contribution in [3.63, 3.8) is 0 Å². The fourth-order valence-corrected chi connectivity index (χ4v) is 5.30. The quantitative estimate of drug-likeness (QED) is 0.282. The molecule has 1 aromatic rings. The average molecular weight is 537 g/mol. The van der Waals surface area contributed by atoms with E-state index in [-0.39, 0.29) is 11.3 Å². The number of nitrogens with zero attached hydrogens (tertiary/aromatic N) is 4. The van der Waals surface area contributed by atoms with E-state index in [1.165, 1.54) is 7.11 Å². The van der Waals surface area contributed by atoms with Gasteiger partial charge in [0.05, 0.1) is 24.3 Å². The standard InChI is InChI=1S/C32H48N4O3/c1-8-10-11-19-35(28-20-26(22-33)15-14-25(28)3)24-32(6)16-12-13-27(21-32)23-36(30(37)39-7)29(9-2)34-18-17-31(4,5)38/h9,11,14-15,18-20,27,38H,8,10,12-13,16-17,21,23-24H2,1-7H3/b19-11+,29-9+,34-18-. The van der Waals surface area contributed by atoms with Crippen LogP contribution in [0.15, 0.2) is 47.4 Å². The number of anilines is 1. The molecule has 1 fully saturated rings. The van der Waals surface area contributed by atoms with Crippen molar-refractivity contribution in [1.82, 2.24) is 4.90 Å². The van der Waals surface area contributed by atoms with Gasteiger partial charge in [-0.25, -0.2) is 9.79 Å². The zero-order valence-corrected chi connectivity index (χ0v) is 25.0. The van der Waals surface area contributed by atoms with Gasteiger partial charge in [-0.15, -0.1) is 0 Å². The Bertz CT molecular complexity index is 1080. The summed E-state index contributed by atoms with van der Waals surface area (Å²) < 4.78 is 5.13. The van der Waals surface area contributed by atoms with E-state index in [0.29, 0.717) is 24.4 Å². The molecule has 0 bridgehead atoms. The minimum atomic E-state index is -0.869. The van der Waals surface area contributed by atoms with Crippen molar-refractivity contribution in [3.05, 3.63) is 53.5 Å². The molecule has 0 spiro atoms. The molecule has 1 aromatic carbocycles. The van der Waals surface area contributed by atoms with Crippen LogP contribution in [0.1, 0.15) is 90.7 Å². The zero-order chi connectivity index (χ0) is 29.1. The van der Waals surface area contributed by atoms with Crippen molar-refractivity contribution < 1.29 is 14.6 Å². The monoisotopic (exact) mass is 536 g/mol. The highest BCUT2D eigenvalue weighted by atomic mass is 16.5. The van der Waals surface area contributed by atoms with Gasteiger partial charge in [0.15, 0.2) is 0 Å². The fourth-order valence-electron chi connectivity index (χ4n) is 5.30. The number of methoxy groups -OCH3 is 1. The van der Waals surface area contributed by atoms with Gasteiger partial charge in [-0.3, -0.25) is 4.90 Å². The Hall–Kier alpha value is -3.11. The molecule has 214 valence electrons. The molecular weight excluding hydrogens is 488 g/mol. The number of aryl methyl sites for hydroxylation is 1. The lowest BCUT2D eigenvalue weighted by Crippen LogP contribution is -2.41. The number of unbranched alkanes of at least 4 members (excludes halogenated alkanes) is 1. The molecule has 0 heterocycles. The van der Waals surface area contributed by atoms with Crippen LogP contribution in [0, 0.1) is 29.6 Å². The van der Waals surface area contributed by atoms with Gasteiger partial charge >= 0.3 is 6.09 Å². The smallest absolute Gasteiger partial charge is 0.415 e. The third-order valence-electron chi connectivity index (χ3n) is 7.30. The summed E-state index contributed by atoms with van der Waals surface area (Å²) >= 11 is 0. The number of hydrogen-bond donors (Lipinski definition) is 1. The van der Waals surface area contributed by atoms with Crippen LogP contribution in [-0.4, -0.2) is 48.1 Å². The Balaban J connectivity index is 2.27. The number of ether oxygens (including phenoxy) is 1. The van der Waals surface area contributed by atoms with Gasteiger partial charge in [0.25, 0.3) is 0 Å². The molecule has 2 rings (SSSR count). The number of nitriles is 1. The van der Waals surface area contributed by atoms with Crippen molar-refractivity contribution >= 4 is 18.0 Å². The summed E-state index contributed by atoms with van der Waals surface area (Å²) in [6.07, 6.45) is 14.1. The third-order valence-corrected chi connectivity index (χ3v) is 7.30. The first-order chi connectivity index (χ1) is 18.4. The predicted molar refractivity (Wildman–Crippen MR) is 160 cm³/mol. The molecule has 39 heavy (non-hydrogen) atoms. The molecule has 0 radical (unpaired) electrons. The summed E-state index contributed by atoms with van der Waals surface area (Å²) in [4.78, 5) is 21.3. The molecule has 2 unspecified atom stereocenters. The minimum absolute atomic E-state index is 0.0244. The van der Waals surface area contributed by atoms with E-state index in [4.69, 9.17) is 4.74 Å². The van der Waals surface area contributed by atoms with E-state index in [1.54, 1.807) is 25.0 Å². The highest BCUT2D eigenvalue weighted by molar-refractivity contribution is 5.71. The molecule has 1 saturated carbocycles. The normalized spacial score (nSPS) is 20.3. The highest BCUT2D eigenvalue weighted by Crippen LogP contribution is 2.41. The molecule has 7 heteroatoms. The highest BCUT2D eigenvalue weighted by Gasteiger charge is 2.36. The SMILES string of the molecule is C/C=C(\N=C/CC(C)(C)O)N(CC1CCCC(C)(CN(/C=C/CCC)c2cc(C#N)ccc2C)C1)C(=O)OC. The molecule has 0 aromatic heterocycles. The molecule has 7 nitrogen and oxygen atoms in total. The predicted octanol–water partition coefficient (Wildman–Crippen LogP) is 7.34. The Morgan fingerprint density at radius 1 is 1.38 bits per heavy atom. The molecule has 1 N–H and O–H groups in total. The summed E-state index contributed by atoms with van der Waals surface area (Å²) in [5.74, 6) is 0.821. The number of aliphatic imine (C=N–C) groups is 1.